The number of nitrogens with zero attached hydrogens (tertiary/aromatic N) is 2. The number of aryl methyl sites for hydroxylation is 1. The number of hydrogen-bond donors (Lipinski definition) is 2. The van der Waals surface area contributed by atoms with E-state index in [-0.39, 0.29) is 25.3 Å². The number of hydrogen-bond acceptors (Lipinski definition) is 4. The van der Waals surface area contributed by atoms with Gasteiger partial charge < -0.3 is 14.9 Å². The molecule has 0 unspecified atom stereocenters. The van der Waals surface area contributed by atoms with Crippen LogP contribution in [0.15, 0.2) is 12.3 Å². The standard InChI is InChI=1S/C9H12N2O5.Li.H/c1-11-4-3-6(10-11)5-9(16-2,7(12)13)8(14)15;;/h3-4H,5H2,1-2H3,(H,12,13)(H,14,15);;. The molecule has 0 aliphatic rings. The average Bonchev–Trinajstić information content (AvgIpc) is 2.59. The first-order valence-electron chi connectivity index (χ1n) is 4.43. The van der Waals surface area contributed by atoms with E-state index in [9.17, 15) is 9.59 Å². The van der Waals surface area contributed by atoms with Gasteiger partial charge in [0.05, 0.1) is 5.69 Å². The number of aliphatic carboxylic acids is 2. The van der Waals surface area contributed by atoms with Gasteiger partial charge in [-0.1, -0.05) is 0 Å². The number of methoxy groups -OCH3 is 1. The van der Waals surface area contributed by atoms with Crippen molar-refractivity contribution in [3.63, 3.8) is 0 Å². The maximum absolute atomic E-state index is 11.0. The molecule has 0 saturated heterocycles. The molecule has 1 rings (SSSR count). The summed E-state index contributed by atoms with van der Waals surface area (Å²) in [6, 6.07) is 1.54. The molecule has 0 bridgehead atoms. The summed E-state index contributed by atoms with van der Waals surface area (Å²) < 4.78 is 6.08. The molecule has 1 aromatic heterocycles. The van der Waals surface area contributed by atoms with Crippen LogP contribution < -0.4 is 0 Å². The zero-order valence-corrected chi connectivity index (χ0v) is 8.88. The van der Waals surface area contributed by atoms with E-state index < -0.39 is 17.5 Å². The predicted octanol–water partition coefficient (Wildman–Crippen LogP) is -1.13. The SMILES string of the molecule is COC(Cc1ccn(C)n1)(C(=O)O)C(=O)O.[LiH]. The van der Waals surface area contributed by atoms with Crippen molar-refractivity contribution in [2.75, 3.05) is 7.11 Å². The molecule has 8 heteroatoms. The summed E-state index contributed by atoms with van der Waals surface area (Å²) in [6.07, 6.45) is 1.27. The summed E-state index contributed by atoms with van der Waals surface area (Å²) in [4.78, 5) is 21.9. The van der Waals surface area contributed by atoms with E-state index in [2.05, 4.69) is 9.84 Å². The van der Waals surface area contributed by atoms with Crippen LogP contribution in [0.4, 0.5) is 0 Å². The van der Waals surface area contributed by atoms with Crippen molar-refractivity contribution in [2.45, 2.75) is 12.0 Å². The topological polar surface area (TPSA) is 102 Å². The zero-order chi connectivity index (χ0) is 12.3. The van der Waals surface area contributed by atoms with Crippen LogP contribution in [0.1, 0.15) is 5.69 Å². The van der Waals surface area contributed by atoms with E-state index in [0.717, 1.165) is 7.11 Å². The summed E-state index contributed by atoms with van der Waals surface area (Å²) in [7, 11) is 2.70. The van der Waals surface area contributed by atoms with Crippen LogP contribution in [0.2, 0.25) is 0 Å². The van der Waals surface area contributed by atoms with Gasteiger partial charge in [0, 0.05) is 26.8 Å². The molecule has 0 saturated carbocycles. The van der Waals surface area contributed by atoms with Crippen molar-refractivity contribution in [3.05, 3.63) is 18.0 Å². The van der Waals surface area contributed by atoms with Gasteiger partial charge in [0.15, 0.2) is 0 Å². The zero-order valence-electron chi connectivity index (χ0n) is 8.88. The molecule has 0 atom stereocenters. The van der Waals surface area contributed by atoms with Crippen LogP contribution >= 0.6 is 0 Å². The molecule has 7 nitrogen and oxygen atoms in total. The van der Waals surface area contributed by atoms with Gasteiger partial charge in [-0.3, -0.25) is 4.68 Å². The fraction of sp³-hybridized carbons (Fsp3) is 0.444. The molecule has 2 N–H and O–H groups in total. The van der Waals surface area contributed by atoms with Crippen LogP contribution in [0.5, 0.6) is 0 Å². The Balaban J connectivity index is 0.00000256. The number of ether oxygens (including phenoxy) is 1. The van der Waals surface area contributed by atoms with E-state index in [1.165, 1.54) is 4.68 Å². The first kappa shape index (κ1) is 15.7. The number of carbonyl (C=O) groups is 2. The second-order valence-electron chi connectivity index (χ2n) is 3.30. The summed E-state index contributed by atoms with van der Waals surface area (Å²) in [6.45, 7) is 0. The van der Waals surface area contributed by atoms with Gasteiger partial charge >= 0.3 is 30.8 Å². The Kier molecular flexibility index (Phi) is 5.42. The molecule has 0 aliphatic carbocycles. The molecular weight excluding hydrogens is 223 g/mol. The molecule has 0 aromatic carbocycles. The molecule has 0 amide bonds. The number of carboxylic acids is 2. The molecule has 90 valence electrons. The van der Waals surface area contributed by atoms with Crippen LogP contribution in [0.3, 0.4) is 0 Å². The fourth-order valence-electron chi connectivity index (χ4n) is 1.30. The van der Waals surface area contributed by atoms with Crippen molar-refractivity contribution in [3.8, 4) is 0 Å². The molecule has 0 fully saturated rings. The summed E-state index contributed by atoms with van der Waals surface area (Å²) in [5.41, 5.74) is -1.94. The third-order valence-corrected chi connectivity index (χ3v) is 2.24. The Morgan fingerprint density at radius 3 is 2.29 bits per heavy atom. The Hall–Kier alpha value is -1.29. The summed E-state index contributed by atoms with van der Waals surface area (Å²) in [5.74, 6) is -3.10. The van der Waals surface area contributed by atoms with E-state index in [0.29, 0.717) is 5.69 Å². The molecule has 0 spiro atoms. The van der Waals surface area contributed by atoms with Crippen LogP contribution in [0, 0.1) is 0 Å². The van der Waals surface area contributed by atoms with Gasteiger partial charge in [0.1, 0.15) is 0 Å². The van der Waals surface area contributed by atoms with Gasteiger partial charge in [-0.2, -0.15) is 5.10 Å². The minimum absolute atomic E-state index is 0. The van der Waals surface area contributed by atoms with Crippen molar-refractivity contribution < 1.29 is 24.5 Å². The van der Waals surface area contributed by atoms with E-state index >= 15 is 0 Å². The van der Waals surface area contributed by atoms with Gasteiger partial charge in [-0.05, 0) is 6.07 Å². The van der Waals surface area contributed by atoms with Crippen molar-refractivity contribution in [2.24, 2.45) is 7.05 Å². The van der Waals surface area contributed by atoms with Gasteiger partial charge in [0.2, 0.25) is 0 Å². The Morgan fingerprint density at radius 1 is 1.47 bits per heavy atom. The normalized spacial score (nSPS) is 10.7. The van der Waals surface area contributed by atoms with E-state index in [1.54, 1.807) is 19.3 Å². The Bertz CT molecular complexity index is 403. The monoisotopic (exact) mass is 236 g/mol. The quantitative estimate of drug-likeness (QED) is 0.495. The minimum atomic E-state index is -2.28. The molecule has 0 aliphatic heterocycles. The first-order chi connectivity index (χ1) is 7.42. The number of rotatable bonds is 5. The van der Waals surface area contributed by atoms with E-state index in [4.69, 9.17) is 10.2 Å². The van der Waals surface area contributed by atoms with Crippen LogP contribution in [0.25, 0.3) is 0 Å². The Morgan fingerprint density at radius 2 is 2.00 bits per heavy atom. The first-order valence-corrected chi connectivity index (χ1v) is 4.43. The molecule has 1 aromatic rings. The van der Waals surface area contributed by atoms with Crippen molar-refractivity contribution in [1.29, 1.82) is 0 Å². The predicted molar refractivity (Wildman–Crippen MR) is 59.1 cm³/mol. The molecule has 1 heterocycles. The molecular formula is C9H13LiN2O5. The van der Waals surface area contributed by atoms with Crippen molar-refractivity contribution in [1.82, 2.24) is 9.78 Å². The van der Waals surface area contributed by atoms with Crippen LogP contribution in [-0.4, -0.2) is 63.5 Å². The number of aromatic nitrogens is 2. The second kappa shape index (κ2) is 5.86. The summed E-state index contributed by atoms with van der Waals surface area (Å²) >= 11 is 0. The van der Waals surface area contributed by atoms with Gasteiger partial charge in [-0.25, -0.2) is 9.59 Å². The second-order valence-corrected chi connectivity index (χ2v) is 3.30. The fourth-order valence-corrected chi connectivity index (χ4v) is 1.30. The van der Waals surface area contributed by atoms with Gasteiger partial charge in [0.25, 0.3) is 5.60 Å². The van der Waals surface area contributed by atoms with Crippen molar-refractivity contribution >= 4 is 30.8 Å². The molecule has 0 radical (unpaired) electrons. The average molecular weight is 236 g/mol. The van der Waals surface area contributed by atoms with Gasteiger partial charge in [-0.15, -0.1) is 0 Å². The summed E-state index contributed by atoms with van der Waals surface area (Å²) in [5, 5.41) is 21.8. The van der Waals surface area contributed by atoms with E-state index in [1.807, 2.05) is 0 Å². The molecule has 17 heavy (non-hydrogen) atoms. The Labute approximate surface area is 110 Å². The third kappa shape index (κ3) is 3.09. The maximum atomic E-state index is 11.0. The number of carboxylic acid groups (broad SMARTS) is 2. The van der Waals surface area contributed by atoms with Crippen LogP contribution in [-0.2, 0) is 27.8 Å². The third-order valence-electron chi connectivity index (χ3n) is 2.24.